The quantitative estimate of drug-likeness (QED) is 0.491. The molecule has 0 unspecified atom stereocenters. The van der Waals surface area contributed by atoms with Crippen molar-refractivity contribution in [2.24, 2.45) is 0 Å². The van der Waals surface area contributed by atoms with Crippen molar-refractivity contribution in [2.45, 2.75) is 30.7 Å². The van der Waals surface area contributed by atoms with Gasteiger partial charge in [-0.15, -0.1) is 12.4 Å². The summed E-state index contributed by atoms with van der Waals surface area (Å²) in [7, 11) is -3.55. The molecule has 1 N–H and O–H groups in total. The first-order valence-electron chi connectivity index (χ1n) is 10.6. The molecule has 0 aromatic heterocycles. The molecule has 1 aliphatic heterocycles. The predicted octanol–water partition coefficient (Wildman–Crippen LogP) is 4.89. The van der Waals surface area contributed by atoms with E-state index >= 15 is 0 Å². The highest BCUT2D eigenvalue weighted by atomic mass is 35.5. The van der Waals surface area contributed by atoms with E-state index in [1.165, 1.54) is 11.1 Å². The molecule has 4 rings (SSSR count). The molecule has 0 bridgehead atoms. The Bertz CT molecular complexity index is 1090. The van der Waals surface area contributed by atoms with Crippen molar-refractivity contribution in [1.29, 1.82) is 0 Å². The third kappa shape index (κ3) is 5.95. The average molecular weight is 457 g/mol. The Morgan fingerprint density at radius 1 is 0.806 bits per heavy atom. The van der Waals surface area contributed by atoms with Crippen molar-refractivity contribution < 1.29 is 8.42 Å². The van der Waals surface area contributed by atoms with E-state index in [9.17, 15) is 8.42 Å². The zero-order chi connectivity index (χ0) is 20.8. The summed E-state index contributed by atoms with van der Waals surface area (Å²) < 4.78 is 28.6. The molecule has 0 spiro atoms. The van der Waals surface area contributed by atoms with E-state index in [1.807, 2.05) is 42.5 Å². The number of unbranched alkanes of at least 4 members (excludes halogenated alkanes) is 1. The SMILES string of the molecule is Cl.O=S(=O)(NCCCCN1CCc2ccccc2C1)c1ccccc1-c1ccccc1. The topological polar surface area (TPSA) is 49.4 Å². The zero-order valence-electron chi connectivity index (χ0n) is 17.5. The maximum Gasteiger partial charge on any atom is 0.241 e. The smallest absolute Gasteiger partial charge is 0.241 e. The summed E-state index contributed by atoms with van der Waals surface area (Å²) in [6.07, 6.45) is 2.90. The number of halogens is 1. The summed E-state index contributed by atoms with van der Waals surface area (Å²) in [5, 5.41) is 0. The van der Waals surface area contributed by atoms with E-state index < -0.39 is 10.0 Å². The van der Waals surface area contributed by atoms with Gasteiger partial charge in [0.1, 0.15) is 0 Å². The van der Waals surface area contributed by atoms with E-state index in [1.54, 1.807) is 12.1 Å². The van der Waals surface area contributed by atoms with Gasteiger partial charge in [-0.25, -0.2) is 13.1 Å². The van der Waals surface area contributed by atoms with Crippen LogP contribution >= 0.6 is 12.4 Å². The zero-order valence-corrected chi connectivity index (χ0v) is 19.2. The largest absolute Gasteiger partial charge is 0.299 e. The van der Waals surface area contributed by atoms with Gasteiger partial charge in [0.2, 0.25) is 10.0 Å². The van der Waals surface area contributed by atoms with Crippen LogP contribution in [0.25, 0.3) is 11.1 Å². The Kier molecular flexibility index (Phi) is 8.27. The fourth-order valence-corrected chi connectivity index (χ4v) is 5.35. The van der Waals surface area contributed by atoms with E-state index in [0.29, 0.717) is 11.4 Å². The van der Waals surface area contributed by atoms with Crippen LogP contribution in [0.2, 0.25) is 0 Å². The Balaban J connectivity index is 0.00000272. The molecule has 164 valence electrons. The van der Waals surface area contributed by atoms with Crippen LogP contribution in [0.1, 0.15) is 24.0 Å². The van der Waals surface area contributed by atoms with Gasteiger partial charge in [0, 0.05) is 25.2 Å². The normalized spacial score (nSPS) is 13.9. The summed E-state index contributed by atoms with van der Waals surface area (Å²) in [4.78, 5) is 2.80. The maximum absolute atomic E-state index is 12.9. The molecule has 0 aliphatic carbocycles. The van der Waals surface area contributed by atoms with Crippen molar-refractivity contribution >= 4 is 22.4 Å². The molecule has 0 radical (unpaired) electrons. The number of sulfonamides is 1. The average Bonchev–Trinajstić information content (AvgIpc) is 2.79. The Morgan fingerprint density at radius 3 is 2.29 bits per heavy atom. The van der Waals surface area contributed by atoms with Gasteiger partial charge in [-0.2, -0.15) is 0 Å². The molecule has 0 saturated carbocycles. The minimum absolute atomic E-state index is 0. The minimum atomic E-state index is -3.55. The number of fused-ring (bicyclic) bond motifs is 1. The molecule has 0 amide bonds. The number of benzene rings is 3. The van der Waals surface area contributed by atoms with Crippen LogP contribution in [0.5, 0.6) is 0 Å². The summed E-state index contributed by atoms with van der Waals surface area (Å²) in [6.45, 7) is 3.52. The van der Waals surface area contributed by atoms with Gasteiger partial charge in [0.05, 0.1) is 4.90 Å². The van der Waals surface area contributed by atoms with E-state index in [0.717, 1.165) is 50.0 Å². The highest BCUT2D eigenvalue weighted by Gasteiger charge is 2.19. The number of nitrogens with zero attached hydrogens (tertiary/aromatic N) is 1. The van der Waals surface area contributed by atoms with Crippen molar-refractivity contribution in [3.8, 4) is 11.1 Å². The van der Waals surface area contributed by atoms with E-state index in [4.69, 9.17) is 0 Å². The minimum Gasteiger partial charge on any atom is -0.299 e. The summed E-state index contributed by atoms with van der Waals surface area (Å²) in [6, 6.07) is 25.5. The Hall–Kier alpha value is -2.18. The van der Waals surface area contributed by atoms with Crippen molar-refractivity contribution in [3.05, 3.63) is 90.0 Å². The molecule has 0 fully saturated rings. The third-order valence-electron chi connectivity index (χ3n) is 5.66. The first kappa shape index (κ1) is 23.5. The molecule has 3 aromatic carbocycles. The molecular weight excluding hydrogens is 428 g/mol. The van der Waals surface area contributed by atoms with Crippen molar-refractivity contribution in [3.63, 3.8) is 0 Å². The molecule has 1 aliphatic rings. The molecule has 31 heavy (non-hydrogen) atoms. The van der Waals surface area contributed by atoms with Crippen LogP contribution in [0.3, 0.4) is 0 Å². The van der Waals surface area contributed by atoms with Gasteiger partial charge < -0.3 is 0 Å². The van der Waals surface area contributed by atoms with Crippen LogP contribution in [0, 0.1) is 0 Å². The van der Waals surface area contributed by atoms with Crippen LogP contribution in [-0.2, 0) is 23.0 Å². The van der Waals surface area contributed by atoms with Crippen molar-refractivity contribution in [2.75, 3.05) is 19.6 Å². The van der Waals surface area contributed by atoms with Gasteiger partial charge >= 0.3 is 0 Å². The lowest BCUT2D eigenvalue weighted by Crippen LogP contribution is -2.32. The first-order chi connectivity index (χ1) is 14.6. The van der Waals surface area contributed by atoms with E-state index in [-0.39, 0.29) is 12.4 Å². The number of hydrogen-bond acceptors (Lipinski definition) is 3. The second-order valence-electron chi connectivity index (χ2n) is 7.76. The standard InChI is InChI=1S/C25H28N2O2S.ClH/c28-30(29,25-15-7-6-14-24(25)22-11-2-1-3-12-22)26-17-8-9-18-27-19-16-21-10-4-5-13-23(21)20-27;/h1-7,10-15,26H,8-9,16-20H2;1H. The summed E-state index contributed by atoms with van der Waals surface area (Å²) >= 11 is 0. The number of rotatable bonds is 8. The molecular formula is C25H29ClN2O2S. The van der Waals surface area contributed by atoms with Crippen LogP contribution in [0.4, 0.5) is 0 Å². The maximum atomic E-state index is 12.9. The van der Waals surface area contributed by atoms with Crippen molar-refractivity contribution in [1.82, 2.24) is 9.62 Å². The molecule has 4 nitrogen and oxygen atoms in total. The summed E-state index contributed by atoms with van der Waals surface area (Å²) in [5.74, 6) is 0. The van der Waals surface area contributed by atoms with Gasteiger partial charge in [-0.3, -0.25) is 4.90 Å². The van der Waals surface area contributed by atoms with Crippen LogP contribution in [0.15, 0.2) is 83.8 Å². The highest BCUT2D eigenvalue weighted by Crippen LogP contribution is 2.26. The lowest BCUT2D eigenvalue weighted by molar-refractivity contribution is 0.249. The molecule has 0 saturated heterocycles. The molecule has 0 atom stereocenters. The summed E-state index contributed by atoms with van der Waals surface area (Å²) in [5.41, 5.74) is 4.52. The Labute approximate surface area is 191 Å². The fourth-order valence-electron chi connectivity index (χ4n) is 4.05. The van der Waals surface area contributed by atoms with Crippen LogP contribution < -0.4 is 4.72 Å². The highest BCUT2D eigenvalue weighted by molar-refractivity contribution is 7.89. The van der Waals surface area contributed by atoms with Gasteiger partial charge in [0.15, 0.2) is 0 Å². The lowest BCUT2D eigenvalue weighted by Gasteiger charge is -2.28. The monoisotopic (exact) mass is 456 g/mol. The van der Waals surface area contributed by atoms with E-state index in [2.05, 4.69) is 33.9 Å². The first-order valence-corrected chi connectivity index (χ1v) is 12.0. The third-order valence-corrected chi connectivity index (χ3v) is 7.18. The molecule has 1 heterocycles. The number of hydrogen-bond donors (Lipinski definition) is 1. The van der Waals surface area contributed by atoms with Crippen LogP contribution in [-0.4, -0.2) is 33.0 Å². The number of nitrogens with one attached hydrogen (secondary N) is 1. The second-order valence-corrected chi connectivity index (χ2v) is 9.50. The fraction of sp³-hybridized carbons (Fsp3) is 0.280. The van der Waals surface area contributed by atoms with Gasteiger partial charge in [-0.1, -0.05) is 72.8 Å². The second kappa shape index (κ2) is 10.9. The lowest BCUT2D eigenvalue weighted by atomic mass is 10.00. The Morgan fingerprint density at radius 2 is 1.48 bits per heavy atom. The van der Waals surface area contributed by atoms with Gasteiger partial charge in [0.25, 0.3) is 0 Å². The predicted molar refractivity (Wildman–Crippen MR) is 129 cm³/mol. The molecule has 6 heteroatoms. The molecule has 3 aromatic rings. The van der Waals surface area contributed by atoms with Gasteiger partial charge in [-0.05, 0) is 48.6 Å².